The second-order valence-electron chi connectivity index (χ2n) is 5.28. The third-order valence-corrected chi connectivity index (χ3v) is 3.71. The summed E-state index contributed by atoms with van der Waals surface area (Å²) in [6.07, 6.45) is 7.99. The molecular weight excluding hydrogens is 198 g/mol. The summed E-state index contributed by atoms with van der Waals surface area (Å²) < 4.78 is 2.24. The van der Waals surface area contributed by atoms with Crippen LogP contribution in [-0.4, -0.2) is 15.6 Å². The highest BCUT2D eigenvalue weighted by molar-refractivity contribution is 5.00. The van der Waals surface area contributed by atoms with E-state index in [0.29, 0.717) is 12.1 Å². The minimum absolute atomic E-state index is 0.500. The van der Waals surface area contributed by atoms with Gasteiger partial charge in [-0.2, -0.15) is 0 Å². The topological polar surface area (TPSA) is 29.9 Å². The second kappa shape index (κ2) is 5.00. The fraction of sp³-hybridized carbons (Fsp3) is 0.769. The third-order valence-electron chi connectivity index (χ3n) is 3.71. The van der Waals surface area contributed by atoms with Gasteiger partial charge in [0.05, 0.1) is 12.0 Å². The van der Waals surface area contributed by atoms with Crippen LogP contribution in [0.1, 0.15) is 51.8 Å². The lowest BCUT2D eigenvalue weighted by molar-refractivity contribution is 0.416. The summed E-state index contributed by atoms with van der Waals surface area (Å²) in [5, 5.41) is 3.67. The zero-order valence-corrected chi connectivity index (χ0v) is 10.6. The molecule has 0 spiro atoms. The number of hydrogen-bond acceptors (Lipinski definition) is 2. The Morgan fingerprint density at radius 3 is 2.94 bits per heavy atom. The smallest absolute Gasteiger partial charge is 0.0951 e. The molecule has 2 rings (SSSR count). The summed E-state index contributed by atoms with van der Waals surface area (Å²) >= 11 is 0. The quantitative estimate of drug-likeness (QED) is 0.847. The Morgan fingerprint density at radius 1 is 1.50 bits per heavy atom. The molecule has 3 nitrogen and oxygen atoms in total. The summed E-state index contributed by atoms with van der Waals surface area (Å²) in [7, 11) is 0. The van der Waals surface area contributed by atoms with E-state index in [-0.39, 0.29) is 0 Å². The molecule has 16 heavy (non-hydrogen) atoms. The monoisotopic (exact) mass is 221 g/mol. The molecule has 2 unspecified atom stereocenters. The molecule has 0 amide bonds. The van der Waals surface area contributed by atoms with E-state index >= 15 is 0 Å². The molecule has 1 aromatic heterocycles. The van der Waals surface area contributed by atoms with Gasteiger partial charge in [-0.1, -0.05) is 13.3 Å². The van der Waals surface area contributed by atoms with Gasteiger partial charge in [-0.25, -0.2) is 4.98 Å². The zero-order chi connectivity index (χ0) is 11.5. The highest BCUT2D eigenvalue weighted by atomic mass is 15.1. The largest absolute Gasteiger partial charge is 0.331 e. The minimum atomic E-state index is 0.500. The van der Waals surface area contributed by atoms with Crippen LogP contribution in [0.4, 0.5) is 0 Å². The molecule has 1 saturated carbocycles. The van der Waals surface area contributed by atoms with Crippen LogP contribution in [0.25, 0.3) is 0 Å². The fourth-order valence-corrected chi connectivity index (χ4v) is 2.62. The molecule has 2 atom stereocenters. The van der Waals surface area contributed by atoms with Crippen molar-refractivity contribution in [1.82, 2.24) is 14.9 Å². The first-order chi connectivity index (χ1) is 7.68. The lowest BCUT2D eigenvalue weighted by atomic mass is 10.1. The molecule has 0 aromatic carbocycles. The minimum Gasteiger partial charge on any atom is -0.331 e. The number of rotatable bonds is 4. The molecule has 1 aromatic rings. The average molecular weight is 221 g/mol. The normalized spacial score (nSPS) is 25.5. The SMILES string of the molecule is CC1CCCC1NCc1cncn1C(C)C. The Kier molecular flexibility index (Phi) is 3.64. The molecule has 0 saturated heterocycles. The molecule has 1 fully saturated rings. The van der Waals surface area contributed by atoms with Gasteiger partial charge < -0.3 is 9.88 Å². The molecule has 0 aliphatic heterocycles. The van der Waals surface area contributed by atoms with Crippen LogP contribution in [0.3, 0.4) is 0 Å². The van der Waals surface area contributed by atoms with Crippen LogP contribution in [0.15, 0.2) is 12.5 Å². The maximum Gasteiger partial charge on any atom is 0.0951 e. The molecule has 1 heterocycles. The molecule has 90 valence electrons. The van der Waals surface area contributed by atoms with E-state index in [1.54, 1.807) is 0 Å². The molecule has 1 aliphatic carbocycles. The Morgan fingerprint density at radius 2 is 2.31 bits per heavy atom. The van der Waals surface area contributed by atoms with E-state index in [4.69, 9.17) is 0 Å². The zero-order valence-electron chi connectivity index (χ0n) is 10.6. The van der Waals surface area contributed by atoms with Gasteiger partial charge >= 0.3 is 0 Å². The third kappa shape index (κ3) is 2.46. The van der Waals surface area contributed by atoms with Crippen molar-refractivity contribution in [2.45, 2.75) is 58.7 Å². The summed E-state index contributed by atoms with van der Waals surface area (Å²) in [5.41, 5.74) is 1.30. The summed E-state index contributed by atoms with van der Waals surface area (Å²) in [6.45, 7) is 7.70. The van der Waals surface area contributed by atoms with Gasteiger partial charge in [0, 0.05) is 24.8 Å². The van der Waals surface area contributed by atoms with E-state index in [1.165, 1.54) is 25.0 Å². The lowest BCUT2D eigenvalue weighted by Crippen LogP contribution is -2.31. The molecular formula is C13H23N3. The van der Waals surface area contributed by atoms with Crippen molar-refractivity contribution >= 4 is 0 Å². The first kappa shape index (κ1) is 11.6. The average Bonchev–Trinajstić information content (AvgIpc) is 2.83. The van der Waals surface area contributed by atoms with Gasteiger partial charge in [0.15, 0.2) is 0 Å². The van der Waals surface area contributed by atoms with Crippen LogP contribution >= 0.6 is 0 Å². The van der Waals surface area contributed by atoms with Crippen molar-refractivity contribution in [3.63, 3.8) is 0 Å². The van der Waals surface area contributed by atoms with Crippen molar-refractivity contribution in [3.8, 4) is 0 Å². The Balaban J connectivity index is 1.91. The van der Waals surface area contributed by atoms with Crippen molar-refractivity contribution in [2.75, 3.05) is 0 Å². The predicted molar refractivity (Wildman–Crippen MR) is 66.3 cm³/mol. The van der Waals surface area contributed by atoms with Gasteiger partial charge in [0.1, 0.15) is 0 Å². The highest BCUT2D eigenvalue weighted by Gasteiger charge is 2.22. The Hall–Kier alpha value is -0.830. The Labute approximate surface area is 98.3 Å². The number of nitrogens with one attached hydrogen (secondary N) is 1. The van der Waals surface area contributed by atoms with E-state index in [0.717, 1.165) is 12.5 Å². The van der Waals surface area contributed by atoms with Gasteiger partial charge in [-0.05, 0) is 32.6 Å². The Bertz CT molecular complexity index is 330. The number of nitrogens with zero attached hydrogens (tertiary/aromatic N) is 2. The molecule has 3 heteroatoms. The van der Waals surface area contributed by atoms with Crippen LogP contribution in [0.5, 0.6) is 0 Å². The first-order valence-corrected chi connectivity index (χ1v) is 6.42. The standard InChI is InChI=1S/C13H23N3/c1-10(2)16-9-14-7-12(16)8-15-13-6-4-5-11(13)3/h7,9-11,13,15H,4-6,8H2,1-3H3. The number of imidazole rings is 1. The molecule has 0 radical (unpaired) electrons. The summed E-state index contributed by atoms with van der Waals surface area (Å²) in [4.78, 5) is 4.23. The van der Waals surface area contributed by atoms with E-state index < -0.39 is 0 Å². The van der Waals surface area contributed by atoms with Gasteiger partial charge in [0.25, 0.3) is 0 Å². The van der Waals surface area contributed by atoms with Crippen LogP contribution in [-0.2, 0) is 6.54 Å². The fourth-order valence-electron chi connectivity index (χ4n) is 2.62. The summed E-state index contributed by atoms with van der Waals surface area (Å²) in [6, 6.07) is 1.20. The maximum atomic E-state index is 4.23. The summed E-state index contributed by atoms with van der Waals surface area (Å²) in [5.74, 6) is 0.829. The van der Waals surface area contributed by atoms with Crippen LogP contribution in [0.2, 0.25) is 0 Å². The lowest BCUT2D eigenvalue weighted by Gasteiger charge is -2.18. The van der Waals surface area contributed by atoms with Gasteiger partial charge in [-0.15, -0.1) is 0 Å². The maximum absolute atomic E-state index is 4.23. The van der Waals surface area contributed by atoms with Crippen molar-refractivity contribution in [2.24, 2.45) is 5.92 Å². The molecule has 1 aliphatic rings. The molecule has 0 bridgehead atoms. The van der Waals surface area contributed by atoms with Crippen LogP contribution in [0, 0.1) is 5.92 Å². The van der Waals surface area contributed by atoms with Crippen molar-refractivity contribution in [1.29, 1.82) is 0 Å². The van der Waals surface area contributed by atoms with Gasteiger partial charge in [-0.3, -0.25) is 0 Å². The van der Waals surface area contributed by atoms with Crippen LogP contribution < -0.4 is 5.32 Å². The highest BCUT2D eigenvalue weighted by Crippen LogP contribution is 2.25. The van der Waals surface area contributed by atoms with E-state index in [1.807, 2.05) is 12.5 Å². The number of aromatic nitrogens is 2. The predicted octanol–water partition coefficient (Wildman–Crippen LogP) is 2.74. The number of hydrogen-bond donors (Lipinski definition) is 1. The van der Waals surface area contributed by atoms with E-state index in [2.05, 4.69) is 35.6 Å². The van der Waals surface area contributed by atoms with Gasteiger partial charge in [0.2, 0.25) is 0 Å². The van der Waals surface area contributed by atoms with Crippen molar-refractivity contribution in [3.05, 3.63) is 18.2 Å². The molecule has 1 N–H and O–H groups in total. The second-order valence-corrected chi connectivity index (χ2v) is 5.28. The van der Waals surface area contributed by atoms with Crippen molar-refractivity contribution < 1.29 is 0 Å². The van der Waals surface area contributed by atoms with E-state index in [9.17, 15) is 0 Å². The first-order valence-electron chi connectivity index (χ1n) is 6.42.